The van der Waals surface area contributed by atoms with Gasteiger partial charge in [-0.05, 0) is 66.8 Å². The SMILES string of the molecule is C[C@@H](Cn1cnnn1)Oc1cc(-c2cnc(Nc3cn([C@H]4CC[C@H](N5CCOCC5)CC4)nc3OCCc3ccn(C)n3)nc2)ccc1Cl. The number of ether oxygens (including phenoxy) is 3. The molecule has 1 aliphatic carbocycles. The molecule has 1 saturated heterocycles. The van der Waals surface area contributed by atoms with Gasteiger partial charge >= 0.3 is 0 Å². The van der Waals surface area contributed by atoms with Crippen LogP contribution in [0.5, 0.6) is 11.6 Å². The molecule has 1 aromatic carbocycles. The molecule has 258 valence electrons. The molecule has 1 aliphatic heterocycles. The second kappa shape index (κ2) is 15.3. The first-order valence-corrected chi connectivity index (χ1v) is 17.1. The fourth-order valence-corrected chi connectivity index (χ4v) is 6.61. The lowest BCUT2D eigenvalue weighted by Crippen LogP contribution is -2.45. The van der Waals surface area contributed by atoms with Crippen LogP contribution in [-0.2, 0) is 24.8 Å². The van der Waals surface area contributed by atoms with Gasteiger partial charge in [0.25, 0.3) is 5.88 Å². The van der Waals surface area contributed by atoms with Gasteiger partial charge in [0, 0.05) is 56.8 Å². The summed E-state index contributed by atoms with van der Waals surface area (Å²) >= 11 is 6.47. The summed E-state index contributed by atoms with van der Waals surface area (Å²) < 4.78 is 23.4. The first kappa shape index (κ1) is 32.9. The van der Waals surface area contributed by atoms with Crippen molar-refractivity contribution in [3.63, 3.8) is 0 Å². The molecule has 49 heavy (non-hydrogen) atoms. The average molecular weight is 689 g/mol. The number of aromatic nitrogens is 10. The van der Waals surface area contributed by atoms with Gasteiger partial charge in [-0.25, -0.2) is 14.6 Å². The predicted octanol–water partition coefficient (Wildman–Crippen LogP) is 4.36. The van der Waals surface area contributed by atoms with Gasteiger partial charge in [-0.15, -0.1) is 10.2 Å². The highest BCUT2D eigenvalue weighted by Crippen LogP contribution is 2.35. The molecule has 16 heteroatoms. The molecule has 0 spiro atoms. The van der Waals surface area contributed by atoms with Crippen LogP contribution in [0.2, 0.25) is 5.02 Å². The standard InChI is InChI=1S/C33H41ClN12O3/c1-23(20-45-22-37-41-42-45)49-31-17-24(3-8-29(31)34)25-18-35-33(36-19-25)38-30-21-46(40-32(30)48-14-10-26-9-11-43(2)39-26)28-6-4-27(5-7-28)44-12-15-47-16-13-44/h3,8-9,11,17-19,21-23,27-28H,4-7,10,12-16,20H2,1-2H3,(H,35,36,38)/t23-,27-,28-/m0/s1. The number of aryl methyl sites for hydroxylation is 1. The van der Waals surface area contributed by atoms with Crippen molar-refractivity contribution in [3.05, 3.63) is 66.1 Å². The van der Waals surface area contributed by atoms with Crippen molar-refractivity contribution in [3.8, 4) is 22.8 Å². The average Bonchev–Trinajstić information content (AvgIpc) is 3.89. The number of nitrogens with zero attached hydrogens (tertiary/aromatic N) is 11. The lowest BCUT2D eigenvalue weighted by molar-refractivity contribution is 0.00503. The second-order valence-corrected chi connectivity index (χ2v) is 13.0. The summed E-state index contributed by atoms with van der Waals surface area (Å²) in [4.78, 5) is 11.8. The minimum Gasteiger partial charge on any atom is -0.487 e. The Labute approximate surface area is 289 Å². The fraction of sp³-hybridized carbons (Fsp3) is 0.485. The summed E-state index contributed by atoms with van der Waals surface area (Å²) in [5.41, 5.74) is 3.39. The summed E-state index contributed by atoms with van der Waals surface area (Å²) in [6.45, 7) is 6.56. The van der Waals surface area contributed by atoms with Crippen molar-refractivity contribution in [2.24, 2.45) is 7.05 Å². The Bertz CT molecular complexity index is 1780. The molecule has 0 radical (unpaired) electrons. The van der Waals surface area contributed by atoms with E-state index in [1.807, 2.05) is 44.6 Å². The first-order chi connectivity index (χ1) is 24.0. The van der Waals surface area contributed by atoms with Gasteiger partial charge in [0.15, 0.2) is 0 Å². The number of tetrazole rings is 1. The predicted molar refractivity (Wildman–Crippen MR) is 182 cm³/mol. The minimum atomic E-state index is -0.208. The summed E-state index contributed by atoms with van der Waals surface area (Å²) in [6.07, 6.45) is 13.9. The minimum absolute atomic E-state index is 0.208. The van der Waals surface area contributed by atoms with E-state index in [1.165, 1.54) is 0 Å². The third-order valence-electron chi connectivity index (χ3n) is 8.99. The van der Waals surface area contributed by atoms with E-state index in [2.05, 4.69) is 45.5 Å². The van der Waals surface area contributed by atoms with E-state index >= 15 is 0 Å². The molecule has 7 rings (SSSR count). The van der Waals surface area contributed by atoms with Crippen LogP contribution in [0.4, 0.5) is 11.6 Å². The Morgan fingerprint density at radius 3 is 2.55 bits per heavy atom. The third kappa shape index (κ3) is 8.35. The van der Waals surface area contributed by atoms with Crippen LogP contribution in [0.1, 0.15) is 44.3 Å². The van der Waals surface area contributed by atoms with Crippen LogP contribution in [-0.4, -0.2) is 99.7 Å². The van der Waals surface area contributed by atoms with Crippen molar-refractivity contribution < 1.29 is 14.2 Å². The Morgan fingerprint density at radius 2 is 1.82 bits per heavy atom. The summed E-state index contributed by atoms with van der Waals surface area (Å²) in [5, 5.41) is 24.5. The third-order valence-corrected chi connectivity index (χ3v) is 9.31. The van der Waals surface area contributed by atoms with E-state index in [1.54, 1.807) is 34.2 Å². The summed E-state index contributed by atoms with van der Waals surface area (Å²) in [7, 11) is 1.91. The van der Waals surface area contributed by atoms with Gasteiger partial charge in [0.1, 0.15) is 23.9 Å². The highest BCUT2D eigenvalue weighted by Gasteiger charge is 2.29. The van der Waals surface area contributed by atoms with Gasteiger partial charge in [0.05, 0.1) is 49.3 Å². The highest BCUT2D eigenvalue weighted by molar-refractivity contribution is 6.32. The Hall–Kier alpha value is -4.60. The molecule has 4 aromatic heterocycles. The summed E-state index contributed by atoms with van der Waals surface area (Å²) in [5.74, 6) is 1.52. The number of hydrogen-bond donors (Lipinski definition) is 1. The number of nitrogens with one attached hydrogen (secondary N) is 1. The van der Waals surface area contributed by atoms with E-state index in [9.17, 15) is 0 Å². The normalized spacial score (nSPS) is 19.1. The molecule has 1 saturated carbocycles. The van der Waals surface area contributed by atoms with Gasteiger partial charge in [-0.2, -0.15) is 5.10 Å². The number of halogens is 1. The zero-order chi connectivity index (χ0) is 33.6. The lowest BCUT2D eigenvalue weighted by atomic mass is 9.90. The first-order valence-electron chi connectivity index (χ1n) is 16.8. The quantitative estimate of drug-likeness (QED) is 0.187. The van der Waals surface area contributed by atoms with Gasteiger partial charge in [-0.3, -0.25) is 14.3 Å². The molecule has 2 fully saturated rings. The molecule has 1 N–H and O–H groups in total. The van der Waals surface area contributed by atoms with Crippen molar-refractivity contribution in [2.45, 2.75) is 63.8 Å². The molecule has 0 bridgehead atoms. The van der Waals surface area contributed by atoms with E-state index < -0.39 is 0 Å². The van der Waals surface area contributed by atoms with Gasteiger partial charge in [0.2, 0.25) is 5.95 Å². The van der Waals surface area contributed by atoms with E-state index in [4.69, 9.17) is 30.9 Å². The molecule has 2 aliphatic rings. The topological polar surface area (TPSA) is 148 Å². The van der Waals surface area contributed by atoms with Crippen LogP contribution < -0.4 is 14.8 Å². The van der Waals surface area contributed by atoms with E-state index in [0.29, 0.717) is 54.3 Å². The molecule has 5 heterocycles. The van der Waals surface area contributed by atoms with Crippen molar-refractivity contribution in [2.75, 3.05) is 38.2 Å². The maximum atomic E-state index is 6.47. The number of morpholine rings is 1. The van der Waals surface area contributed by atoms with Gasteiger partial charge < -0.3 is 19.5 Å². The number of benzene rings is 1. The van der Waals surface area contributed by atoms with Crippen LogP contribution in [0.3, 0.4) is 0 Å². The Balaban J connectivity index is 1.03. The van der Waals surface area contributed by atoms with Crippen molar-refractivity contribution >= 4 is 23.2 Å². The number of anilines is 2. The maximum Gasteiger partial charge on any atom is 0.256 e. The van der Waals surface area contributed by atoms with Crippen LogP contribution in [0.25, 0.3) is 11.1 Å². The molecule has 0 amide bonds. The maximum absolute atomic E-state index is 6.47. The van der Waals surface area contributed by atoms with Crippen LogP contribution >= 0.6 is 11.6 Å². The molecule has 15 nitrogen and oxygen atoms in total. The molecular weight excluding hydrogens is 648 g/mol. The van der Waals surface area contributed by atoms with Crippen molar-refractivity contribution in [1.82, 2.24) is 54.6 Å². The number of hydrogen-bond acceptors (Lipinski definition) is 12. The zero-order valence-corrected chi connectivity index (χ0v) is 28.5. The lowest BCUT2D eigenvalue weighted by Gasteiger charge is -2.38. The summed E-state index contributed by atoms with van der Waals surface area (Å²) in [6, 6.07) is 8.51. The van der Waals surface area contributed by atoms with E-state index in [-0.39, 0.29) is 6.10 Å². The van der Waals surface area contributed by atoms with Crippen molar-refractivity contribution in [1.29, 1.82) is 0 Å². The molecular formula is C33H41ClN12O3. The van der Waals surface area contributed by atoms with Gasteiger partial charge in [-0.1, -0.05) is 17.7 Å². The number of rotatable bonds is 13. The molecule has 1 atom stereocenters. The Morgan fingerprint density at radius 1 is 1.02 bits per heavy atom. The molecule has 0 unspecified atom stereocenters. The van der Waals surface area contributed by atoms with Crippen LogP contribution in [0, 0.1) is 0 Å². The largest absolute Gasteiger partial charge is 0.487 e. The smallest absolute Gasteiger partial charge is 0.256 e. The molecule has 5 aromatic rings. The second-order valence-electron chi connectivity index (χ2n) is 12.5. The van der Waals surface area contributed by atoms with E-state index in [0.717, 1.165) is 74.5 Å². The highest BCUT2D eigenvalue weighted by atomic mass is 35.5. The Kier molecular flexibility index (Phi) is 10.3. The monoisotopic (exact) mass is 688 g/mol. The zero-order valence-electron chi connectivity index (χ0n) is 27.7. The fourth-order valence-electron chi connectivity index (χ4n) is 6.45. The van der Waals surface area contributed by atoms with Crippen LogP contribution in [0.15, 0.2) is 55.4 Å².